The first-order valence-corrected chi connectivity index (χ1v) is 5.53. The fraction of sp³-hybridized carbons (Fsp3) is 0.385. The van der Waals surface area contributed by atoms with Crippen LogP contribution in [0, 0.1) is 0 Å². The molecular weight excluding hydrogens is 264 g/mol. The lowest BCUT2D eigenvalue weighted by atomic mass is 9.89. The zero-order valence-corrected chi connectivity index (χ0v) is 10.1. The maximum Gasteiger partial charge on any atom is 0.430 e. The highest BCUT2D eigenvalue weighted by Gasteiger charge is 2.61. The van der Waals surface area contributed by atoms with Crippen LogP contribution in [0.4, 0.5) is 17.6 Å². The molecule has 0 aliphatic carbocycles. The van der Waals surface area contributed by atoms with Crippen LogP contribution in [0.1, 0.15) is 30.1 Å². The Kier molecular flexibility index (Phi) is 4.44. The fourth-order valence-electron chi connectivity index (χ4n) is 1.55. The van der Waals surface area contributed by atoms with Crippen LogP contribution in [0.2, 0.25) is 0 Å². The molecule has 1 rings (SSSR count). The number of carbonyl (C=O) groups excluding carboxylic acids is 2. The molecule has 1 atom stereocenters. The summed E-state index contributed by atoms with van der Waals surface area (Å²) in [7, 11) is 0. The summed E-state index contributed by atoms with van der Waals surface area (Å²) in [6, 6.07) is 6.40. The van der Waals surface area contributed by atoms with Crippen molar-refractivity contribution < 1.29 is 27.2 Å². The Hall–Kier alpha value is -1.72. The highest BCUT2D eigenvalue weighted by Crippen LogP contribution is 2.40. The number of halogens is 4. The number of ketones is 2. The van der Waals surface area contributed by atoms with Gasteiger partial charge in [-0.05, 0) is 6.92 Å². The maximum atomic E-state index is 14.1. The number of hydrogen-bond acceptors (Lipinski definition) is 2. The van der Waals surface area contributed by atoms with Crippen LogP contribution >= 0.6 is 0 Å². The molecule has 0 radical (unpaired) electrons. The predicted octanol–water partition coefficient (Wildman–Crippen LogP) is 3.51. The van der Waals surface area contributed by atoms with Gasteiger partial charge in [0, 0.05) is 18.4 Å². The van der Waals surface area contributed by atoms with E-state index >= 15 is 0 Å². The molecule has 0 aliphatic rings. The lowest BCUT2D eigenvalue weighted by Crippen LogP contribution is -2.48. The molecule has 0 saturated heterocycles. The van der Waals surface area contributed by atoms with Crippen molar-refractivity contribution in [3.8, 4) is 0 Å². The van der Waals surface area contributed by atoms with E-state index in [9.17, 15) is 27.2 Å². The largest absolute Gasteiger partial charge is 0.430 e. The lowest BCUT2D eigenvalue weighted by Gasteiger charge is -2.26. The average Bonchev–Trinajstić information content (AvgIpc) is 2.34. The van der Waals surface area contributed by atoms with Gasteiger partial charge in [0.1, 0.15) is 5.78 Å². The summed E-state index contributed by atoms with van der Waals surface area (Å²) in [5.41, 5.74) is -4.40. The third-order valence-electron chi connectivity index (χ3n) is 2.67. The molecule has 6 heteroatoms. The molecule has 0 aromatic heterocycles. The first-order valence-electron chi connectivity index (χ1n) is 5.53. The van der Waals surface area contributed by atoms with Crippen LogP contribution in [0.15, 0.2) is 30.3 Å². The van der Waals surface area contributed by atoms with Gasteiger partial charge >= 0.3 is 6.18 Å². The molecule has 19 heavy (non-hydrogen) atoms. The van der Waals surface area contributed by atoms with Gasteiger partial charge in [-0.1, -0.05) is 30.3 Å². The molecule has 2 nitrogen and oxygen atoms in total. The van der Waals surface area contributed by atoms with E-state index in [2.05, 4.69) is 0 Å². The van der Waals surface area contributed by atoms with Crippen LogP contribution in [0.25, 0.3) is 0 Å². The standard InChI is InChI=1S/C13H12F4O2/c1-9(18)7-8-12(14,13(15,16)17)11(19)10-5-3-2-4-6-10/h2-6H,7-8H2,1H3. The first kappa shape index (κ1) is 15.3. The highest BCUT2D eigenvalue weighted by molar-refractivity contribution is 6.03. The van der Waals surface area contributed by atoms with Gasteiger partial charge < -0.3 is 4.79 Å². The molecule has 0 N–H and O–H groups in total. The molecule has 104 valence electrons. The molecule has 0 fully saturated rings. The number of rotatable bonds is 5. The number of Topliss-reactive ketones (excluding diaryl/α,β-unsaturated/α-hetero) is 2. The smallest absolute Gasteiger partial charge is 0.300 e. The molecule has 0 amide bonds. The third-order valence-corrected chi connectivity index (χ3v) is 2.67. The van der Waals surface area contributed by atoms with E-state index in [0.29, 0.717) is 0 Å². The predicted molar refractivity (Wildman–Crippen MR) is 60.6 cm³/mol. The van der Waals surface area contributed by atoms with Gasteiger partial charge in [-0.25, -0.2) is 4.39 Å². The lowest BCUT2D eigenvalue weighted by molar-refractivity contribution is -0.212. The molecule has 1 unspecified atom stereocenters. The van der Waals surface area contributed by atoms with Crippen molar-refractivity contribution in [3.05, 3.63) is 35.9 Å². The van der Waals surface area contributed by atoms with Crippen molar-refractivity contribution in [2.24, 2.45) is 0 Å². The second kappa shape index (κ2) is 5.50. The number of benzene rings is 1. The summed E-state index contributed by atoms with van der Waals surface area (Å²) in [5, 5.41) is 0. The van der Waals surface area contributed by atoms with Crippen molar-refractivity contribution in [2.45, 2.75) is 31.6 Å². The van der Waals surface area contributed by atoms with E-state index in [4.69, 9.17) is 0 Å². The molecule has 0 spiro atoms. The van der Waals surface area contributed by atoms with E-state index in [1.165, 1.54) is 18.2 Å². The van der Waals surface area contributed by atoms with Crippen molar-refractivity contribution in [3.63, 3.8) is 0 Å². The van der Waals surface area contributed by atoms with E-state index in [1.54, 1.807) is 0 Å². The minimum atomic E-state index is -5.35. The van der Waals surface area contributed by atoms with Crippen LogP contribution in [0.3, 0.4) is 0 Å². The van der Waals surface area contributed by atoms with Crippen LogP contribution in [-0.2, 0) is 4.79 Å². The molecule has 0 aliphatic heterocycles. The van der Waals surface area contributed by atoms with Crippen LogP contribution < -0.4 is 0 Å². The highest BCUT2D eigenvalue weighted by atomic mass is 19.4. The summed E-state index contributed by atoms with van der Waals surface area (Å²) in [6.07, 6.45) is -7.19. The SMILES string of the molecule is CC(=O)CCC(F)(C(=O)c1ccccc1)C(F)(F)F. The van der Waals surface area contributed by atoms with E-state index in [1.807, 2.05) is 0 Å². The second-order valence-electron chi connectivity index (χ2n) is 4.20. The molecule has 0 bridgehead atoms. The molecule has 1 aromatic carbocycles. The number of alkyl halides is 4. The van der Waals surface area contributed by atoms with Gasteiger partial charge in [0.25, 0.3) is 5.67 Å². The monoisotopic (exact) mass is 276 g/mol. The van der Waals surface area contributed by atoms with E-state index < -0.39 is 36.3 Å². The van der Waals surface area contributed by atoms with Crippen LogP contribution in [-0.4, -0.2) is 23.4 Å². The molecular formula is C13H12F4O2. The zero-order valence-electron chi connectivity index (χ0n) is 10.1. The van der Waals surface area contributed by atoms with Gasteiger partial charge in [-0.2, -0.15) is 13.2 Å². The molecule has 0 saturated carbocycles. The van der Waals surface area contributed by atoms with Crippen LogP contribution in [0.5, 0.6) is 0 Å². The van der Waals surface area contributed by atoms with Gasteiger partial charge in [0.15, 0.2) is 0 Å². The maximum absolute atomic E-state index is 14.1. The Labute approximate surface area is 107 Å². The van der Waals surface area contributed by atoms with E-state index in [-0.39, 0.29) is 5.56 Å². The summed E-state index contributed by atoms with van der Waals surface area (Å²) in [5.74, 6) is -2.27. The third kappa shape index (κ3) is 3.39. The zero-order chi connectivity index (χ0) is 14.7. The average molecular weight is 276 g/mol. The minimum Gasteiger partial charge on any atom is -0.300 e. The van der Waals surface area contributed by atoms with Crippen molar-refractivity contribution in [2.75, 3.05) is 0 Å². The van der Waals surface area contributed by atoms with Gasteiger partial charge in [-0.15, -0.1) is 0 Å². The Bertz CT molecular complexity index is 467. The normalized spacial score (nSPS) is 14.8. The number of carbonyl (C=O) groups is 2. The molecule has 0 heterocycles. The summed E-state index contributed by atoms with van der Waals surface area (Å²) in [4.78, 5) is 22.5. The summed E-state index contributed by atoms with van der Waals surface area (Å²) < 4.78 is 52.5. The van der Waals surface area contributed by atoms with Crippen molar-refractivity contribution in [1.29, 1.82) is 0 Å². The van der Waals surface area contributed by atoms with Gasteiger partial charge in [0.05, 0.1) is 0 Å². The summed E-state index contributed by atoms with van der Waals surface area (Å²) >= 11 is 0. The van der Waals surface area contributed by atoms with Crippen molar-refractivity contribution >= 4 is 11.6 Å². The Balaban J connectivity index is 3.11. The minimum absolute atomic E-state index is 0.370. The Morgan fingerprint density at radius 3 is 2.00 bits per heavy atom. The number of hydrogen-bond donors (Lipinski definition) is 0. The van der Waals surface area contributed by atoms with Gasteiger partial charge in [-0.3, -0.25) is 4.79 Å². The second-order valence-corrected chi connectivity index (χ2v) is 4.20. The Morgan fingerprint density at radius 2 is 1.58 bits per heavy atom. The quantitative estimate of drug-likeness (QED) is 0.609. The Morgan fingerprint density at radius 1 is 1.05 bits per heavy atom. The topological polar surface area (TPSA) is 34.1 Å². The van der Waals surface area contributed by atoms with E-state index in [0.717, 1.165) is 19.1 Å². The van der Waals surface area contributed by atoms with Gasteiger partial charge in [0.2, 0.25) is 5.78 Å². The fourth-order valence-corrected chi connectivity index (χ4v) is 1.55. The van der Waals surface area contributed by atoms with Crippen molar-refractivity contribution in [1.82, 2.24) is 0 Å². The first-order chi connectivity index (χ1) is 8.68. The molecule has 1 aromatic rings. The summed E-state index contributed by atoms with van der Waals surface area (Å²) in [6.45, 7) is 1.05.